The van der Waals surface area contributed by atoms with Crippen LogP contribution in [0.4, 0.5) is 0 Å². The van der Waals surface area contributed by atoms with Crippen molar-refractivity contribution in [2.45, 2.75) is 58.8 Å². The molecule has 22 heavy (non-hydrogen) atoms. The van der Waals surface area contributed by atoms with E-state index in [-0.39, 0.29) is 16.4 Å². The van der Waals surface area contributed by atoms with Gasteiger partial charge in [0, 0.05) is 11.3 Å². The highest BCUT2D eigenvalue weighted by molar-refractivity contribution is 7.80. The third-order valence-corrected chi connectivity index (χ3v) is 8.19. The van der Waals surface area contributed by atoms with E-state index in [1.807, 2.05) is 0 Å². The molecule has 3 saturated carbocycles. The van der Waals surface area contributed by atoms with Crippen LogP contribution >= 0.6 is 12.2 Å². The van der Waals surface area contributed by atoms with Gasteiger partial charge in [0.15, 0.2) is 5.05 Å². The summed E-state index contributed by atoms with van der Waals surface area (Å²) in [6, 6.07) is 0. The maximum Gasteiger partial charge on any atom is 0.160 e. The summed E-state index contributed by atoms with van der Waals surface area (Å²) in [5.41, 5.74) is 2.26. The van der Waals surface area contributed by atoms with Crippen molar-refractivity contribution in [2.75, 3.05) is 0 Å². The summed E-state index contributed by atoms with van der Waals surface area (Å²) >= 11 is 5.19. The van der Waals surface area contributed by atoms with Gasteiger partial charge in [-0.15, -0.1) is 0 Å². The molecule has 0 heterocycles. The van der Waals surface area contributed by atoms with Crippen molar-refractivity contribution in [1.82, 2.24) is 0 Å². The van der Waals surface area contributed by atoms with Crippen molar-refractivity contribution < 1.29 is 5.11 Å². The molecule has 3 fully saturated rings. The van der Waals surface area contributed by atoms with Crippen LogP contribution < -0.4 is 0 Å². The number of aliphatic hydroxyl groups excluding tert-OH is 1. The standard InChI is InChI=1S/C20H28OS/c1-19-11-4-3-5-13(19)6-7-14-15-8-9-17(18(21)22)20(15,2)12-10-16(14)19/h4-5,11,14-17H,3,6-10,12H2,1-2H3,(H,21,22)/t14-,15-,16-,17+,19-,20-/m0/s1. The highest BCUT2D eigenvalue weighted by Crippen LogP contribution is 2.66. The van der Waals surface area contributed by atoms with Gasteiger partial charge < -0.3 is 5.11 Å². The Balaban J connectivity index is 1.68. The van der Waals surface area contributed by atoms with Crippen LogP contribution in [-0.4, -0.2) is 10.2 Å². The first-order chi connectivity index (χ1) is 10.5. The van der Waals surface area contributed by atoms with Gasteiger partial charge in [-0.05, 0) is 80.3 Å². The number of thiocarbonyl (C=S) groups is 1. The van der Waals surface area contributed by atoms with Gasteiger partial charge in [0.05, 0.1) is 0 Å². The quantitative estimate of drug-likeness (QED) is 0.500. The van der Waals surface area contributed by atoms with Gasteiger partial charge in [-0.3, -0.25) is 0 Å². The van der Waals surface area contributed by atoms with Crippen LogP contribution in [0.1, 0.15) is 58.8 Å². The lowest BCUT2D eigenvalue weighted by Crippen LogP contribution is -2.50. The van der Waals surface area contributed by atoms with Crippen LogP contribution in [0.15, 0.2) is 23.8 Å². The molecule has 0 aromatic carbocycles. The average molecular weight is 317 g/mol. The summed E-state index contributed by atoms with van der Waals surface area (Å²) in [6.45, 7) is 4.90. The van der Waals surface area contributed by atoms with Crippen LogP contribution in [0, 0.1) is 34.5 Å². The maximum absolute atomic E-state index is 10.0. The number of rotatable bonds is 1. The molecule has 0 aliphatic heterocycles. The molecule has 0 amide bonds. The smallest absolute Gasteiger partial charge is 0.160 e. The van der Waals surface area contributed by atoms with E-state index in [1.165, 1.54) is 32.1 Å². The van der Waals surface area contributed by atoms with Gasteiger partial charge in [0.1, 0.15) is 0 Å². The van der Waals surface area contributed by atoms with E-state index in [1.54, 1.807) is 5.57 Å². The first-order valence-electron chi connectivity index (χ1n) is 9.07. The predicted octanol–water partition coefficient (Wildman–Crippen LogP) is 5.62. The van der Waals surface area contributed by atoms with E-state index >= 15 is 0 Å². The van der Waals surface area contributed by atoms with Gasteiger partial charge in [0.25, 0.3) is 0 Å². The third kappa shape index (κ3) is 1.85. The van der Waals surface area contributed by atoms with Gasteiger partial charge in [-0.25, -0.2) is 0 Å². The Labute approximate surface area is 139 Å². The molecule has 4 rings (SSSR count). The minimum Gasteiger partial charge on any atom is -0.502 e. The average Bonchev–Trinajstić information content (AvgIpc) is 2.84. The zero-order valence-electron chi connectivity index (χ0n) is 13.8. The normalized spacial score (nSPS) is 49.8. The van der Waals surface area contributed by atoms with Crippen LogP contribution in [0.3, 0.4) is 0 Å². The van der Waals surface area contributed by atoms with Crippen molar-refractivity contribution >= 4 is 17.3 Å². The fraction of sp³-hybridized carbons (Fsp3) is 0.750. The zero-order chi connectivity index (χ0) is 15.5. The third-order valence-electron chi connectivity index (χ3n) is 7.91. The first kappa shape index (κ1) is 14.9. The minimum absolute atomic E-state index is 0.253. The lowest BCUT2D eigenvalue weighted by molar-refractivity contribution is -0.0252. The van der Waals surface area contributed by atoms with Gasteiger partial charge in [0.2, 0.25) is 0 Å². The van der Waals surface area contributed by atoms with Crippen LogP contribution in [0.25, 0.3) is 0 Å². The number of fused-ring (bicyclic) bond motifs is 5. The highest BCUT2D eigenvalue weighted by atomic mass is 32.1. The van der Waals surface area contributed by atoms with E-state index in [4.69, 9.17) is 12.2 Å². The van der Waals surface area contributed by atoms with Crippen molar-refractivity contribution in [1.29, 1.82) is 0 Å². The predicted molar refractivity (Wildman–Crippen MR) is 94.9 cm³/mol. The number of aliphatic hydroxyl groups is 1. The molecule has 0 saturated heterocycles. The molecule has 4 aliphatic carbocycles. The zero-order valence-corrected chi connectivity index (χ0v) is 14.7. The molecule has 2 heteroatoms. The van der Waals surface area contributed by atoms with Gasteiger partial charge in [-0.2, -0.15) is 0 Å². The van der Waals surface area contributed by atoms with Crippen LogP contribution in [-0.2, 0) is 0 Å². The van der Waals surface area contributed by atoms with Crippen molar-refractivity contribution in [3.05, 3.63) is 23.8 Å². The van der Waals surface area contributed by atoms with E-state index < -0.39 is 0 Å². The number of allylic oxidation sites excluding steroid dienone is 4. The second kappa shape index (κ2) is 4.93. The molecule has 0 aromatic heterocycles. The summed E-state index contributed by atoms with van der Waals surface area (Å²) in [7, 11) is 0. The Morgan fingerprint density at radius 1 is 1.18 bits per heavy atom. The second-order valence-electron chi connectivity index (χ2n) is 8.58. The molecule has 4 aliphatic rings. The highest BCUT2D eigenvalue weighted by Gasteiger charge is 2.58. The molecule has 1 N–H and O–H groups in total. The Hall–Kier alpha value is -0.630. The summed E-state index contributed by atoms with van der Waals surface area (Å²) in [5, 5.41) is 10.3. The fourth-order valence-electron chi connectivity index (χ4n) is 6.75. The lowest BCUT2D eigenvalue weighted by atomic mass is 9.48. The molecule has 0 unspecified atom stereocenters. The number of hydrogen-bond acceptors (Lipinski definition) is 1. The summed E-state index contributed by atoms with van der Waals surface area (Å²) < 4.78 is 0. The van der Waals surface area contributed by atoms with Crippen molar-refractivity contribution in [3.63, 3.8) is 0 Å². The molecular formula is C20H28OS. The molecule has 0 bridgehead atoms. The minimum atomic E-state index is 0.253. The van der Waals surface area contributed by atoms with Gasteiger partial charge >= 0.3 is 0 Å². The summed E-state index contributed by atoms with van der Waals surface area (Å²) in [5.74, 6) is 2.64. The maximum atomic E-state index is 10.0. The van der Waals surface area contributed by atoms with Gasteiger partial charge in [-0.1, -0.05) is 37.6 Å². The molecule has 1 nitrogen and oxygen atoms in total. The first-order valence-corrected chi connectivity index (χ1v) is 9.47. The van der Waals surface area contributed by atoms with E-state index in [2.05, 4.69) is 32.1 Å². The second-order valence-corrected chi connectivity index (χ2v) is 9.00. The van der Waals surface area contributed by atoms with Crippen LogP contribution in [0.5, 0.6) is 0 Å². The molecule has 0 radical (unpaired) electrons. The summed E-state index contributed by atoms with van der Waals surface area (Å²) in [6.07, 6.45) is 16.1. The lowest BCUT2D eigenvalue weighted by Gasteiger charge is -2.57. The Bertz CT molecular complexity index is 562. The largest absolute Gasteiger partial charge is 0.502 e. The molecule has 6 atom stereocenters. The number of hydrogen-bond donors (Lipinski definition) is 1. The Kier molecular flexibility index (Phi) is 3.35. The SMILES string of the molecule is C[C@]12CC[C@H]3[C@@H](CCC4=CCC=C[C@@]43C)[C@@H]1CC[C@@H]2C(O)=S. The molecule has 0 aromatic rings. The van der Waals surface area contributed by atoms with Crippen LogP contribution in [0.2, 0.25) is 0 Å². The summed E-state index contributed by atoms with van der Waals surface area (Å²) in [4.78, 5) is 0. The van der Waals surface area contributed by atoms with E-state index in [9.17, 15) is 5.11 Å². The molecule has 0 spiro atoms. The van der Waals surface area contributed by atoms with E-state index in [0.717, 1.165) is 30.6 Å². The van der Waals surface area contributed by atoms with Crippen molar-refractivity contribution in [2.24, 2.45) is 34.5 Å². The fourth-order valence-corrected chi connectivity index (χ4v) is 7.13. The monoisotopic (exact) mass is 316 g/mol. The van der Waals surface area contributed by atoms with E-state index in [0.29, 0.717) is 5.41 Å². The Morgan fingerprint density at radius 2 is 2.00 bits per heavy atom. The Morgan fingerprint density at radius 3 is 2.77 bits per heavy atom. The topological polar surface area (TPSA) is 20.2 Å². The molecular weight excluding hydrogens is 288 g/mol. The van der Waals surface area contributed by atoms with Crippen molar-refractivity contribution in [3.8, 4) is 0 Å². The molecule has 120 valence electrons.